The topological polar surface area (TPSA) is 53.1 Å². The number of aromatic amines is 1. The molecule has 0 amide bonds. The van der Waals surface area contributed by atoms with Crippen LogP contribution >= 0.6 is 0 Å². The Hall–Kier alpha value is -1.09. The lowest BCUT2D eigenvalue weighted by molar-refractivity contribution is 0.0775. The zero-order valence-electron chi connectivity index (χ0n) is 5.66. The van der Waals surface area contributed by atoms with Crippen molar-refractivity contribution in [3.05, 3.63) is 24.0 Å². The molecular formula is C7H9NO2. The first-order valence-electron chi connectivity index (χ1n) is 3.07. The first-order valence-corrected chi connectivity index (χ1v) is 3.07. The molecule has 1 aromatic rings. The maximum atomic E-state index is 10.9. The second kappa shape index (κ2) is 2.66. The van der Waals surface area contributed by atoms with Gasteiger partial charge in [0.1, 0.15) is 6.10 Å². The molecule has 0 aliphatic rings. The second-order valence-corrected chi connectivity index (χ2v) is 2.12. The van der Waals surface area contributed by atoms with Crippen LogP contribution < -0.4 is 0 Å². The Balaban J connectivity index is 2.78. The number of nitrogens with one attached hydrogen (secondary N) is 1. The third kappa shape index (κ3) is 1.25. The van der Waals surface area contributed by atoms with E-state index in [0.717, 1.165) is 0 Å². The molecule has 0 radical (unpaired) electrons. The van der Waals surface area contributed by atoms with Crippen molar-refractivity contribution in [1.82, 2.24) is 4.98 Å². The molecular weight excluding hydrogens is 130 g/mol. The lowest BCUT2D eigenvalue weighted by Gasteiger charge is -1.98. The van der Waals surface area contributed by atoms with Gasteiger partial charge in [0, 0.05) is 6.20 Å². The number of aliphatic hydroxyl groups excluding tert-OH is 1. The number of hydrogen-bond donors (Lipinski definition) is 2. The minimum Gasteiger partial charge on any atom is -0.385 e. The molecule has 0 aliphatic carbocycles. The van der Waals surface area contributed by atoms with Crippen LogP contribution in [0.4, 0.5) is 0 Å². The maximum Gasteiger partial charge on any atom is 0.207 e. The summed E-state index contributed by atoms with van der Waals surface area (Å²) < 4.78 is 0. The number of carbonyl (C=O) groups excluding carboxylic acids is 1. The Kier molecular flexibility index (Phi) is 1.87. The van der Waals surface area contributed by atoms with Crippen LogP contribution in [0.1, 0.15) is 17.4 Å². The number of aromatic nitrogens is 1. The van der Waals surface area contributed by atoms with Gasteiger partial charge in [-0.25, -0.2) is 0 Å². The van der Waals surface area contributed by atoms with E-state index < -0.39 is 6.10 Å². The van der Waals surface area contributed by atoms with E-state index in [4.69, 9.17) is 5.11 Å². The van der Waals surface area contributed by atoms with Gasteiger partial charge in [0.2, 0.25) is 5.78 Å². The van der Waals surface area contributed by atoms with Crippen molar-refractivity contribution in [2.45, 2.75) is 13.0 Å². The Morgan fingerprint density at radius 2 is 2.50 bits per heavy atom. The highest BCUT2D eigenvalue weighted by molar-refractivity contribution is 5.97. The van der Waals surface area contributed by atoms with Gasteiger partial charge in [0.25, 0.3) is 0 Å². The first-order chi connectivity index (χ1) is 4.72. The Morgan fingerprint density at radius 3 is 2.90 bits per heavy atom. The second-order valence-electron chi connectivity index (χ2n) is 2.12. The van der Waals surface area contributed by atoms with E-state index in [2.05, 4.69) is 4.98 Å². The van der Waals surface area contributed by atoms with E-state index in [-0.39, 0.29) is 5.78 Å². The molecule has 1 rings (SSSR count). The molecule has 0 bridgehead atoms. The van der Waals surface area contributed by atoms with Gasteiger partial charge in [-0.1, -0.05) is 0 Å². The molecule has 3 heteroatoms. The normalized spacial score (nSPS) is 13.0. The summed E-state index contributed by atoms with van der Waals surface area (Å²) in [4.78, 5) is 13.6. The fourth-order valence-corrected chi connectivity index (χ4v) is 0.709. The largest absolute Gasteiger partial charge is 0.385 e. The molecule has 1 aromatic heterocycles. The van der Waals surface area contributed by atoms with Crippen LogP contribution in [0, 0.1) is 0 Å². The van der Waals surface area contributed by atoms with E-state index in [0.29, 0.717) is 5.69 Å². The van der Waals surface area contributed by atoms with Crippen LogP contribution in [0.2, 0.25) is 0 Å². The quantitative estimate of drug-likeness (QED) is 0.589. The highest BCUT2D eigenvalue weighted by atomic mass is 16.3. The Labute approximate surface area is 58.7 Å². The first kappa shape index (κ1) is 7.02. The summed E-state index contributed by atoms with van der Waals surface area (Å²) in [5, 5.41) is 8.82. The SMILES string of the molecule is CC(O)C(=O)c1ccc[nH]1. The summed E-state index contributed by atoms with van der Waals surface area (Å²) in [7, 11) is 0. The molecule has 1 atom stereocenters. The molecule has 0 fully saturated rings. The van der Waals surface area contributed by atoms with Crippen molar-refractivity contribution < 1.29 is 9.90 Å². The van der Waals surface area contributed by atoms with Gasteiger partial charge in [-0.2, -0.15) is 0 Å². The molecule has 10 heavy (non-hydrogen) atoms. The van der Waals surface area contributed by atoms with Crippen LogP contribution in [0.15, 0.2) is 18.3 Å². The third-order valence-corrected chi connectivity index (χ3v) is 1.24. The molecule has 2 N–H and O–H groups in total. The average molecular weight is 139 g/mol. The van der Waals surface area contributed by atoms with Crippen molar-refractivity contribution in [2.24, 2.45) is 0 Å². The molecule has 0 spiro atoms. The van der Waals surface area contributed by atoms with Crippen LogP contribution in [0.25, 0.3) is 0 Å². The molecule has 1 heterocycles. The van der Waals surface area contributed by atoms with E-state index in [1.165, 1.54) is 6.92 Å². The summed E-state index contributed by atoms with van der Waals surface area (Å²) in [5.41, 5.74) is 0.454. The van der Waals surface area contributed by atoms with Gasteiger partial charge in [-0.15, -0.1) is 0 Å². The van der Waals surface area contributed by atoms with Gasteiger partial charge in [0.05, 0.1) is 5.69 Å². The van der Waals surface area contributed by atoms with Gasteiger partial charge in [-0.3, -0.25) is 4.79 Å². The molecule has 0 aliphatic heterocycles. The fraction of sp³-hybridized carbons (Fsp3) is 0.286. The Bertz CT molecular complexity index is 214. The molecule has 0 saturated heterocycles. The third-order valence-electron chi connectivity index (χ3n) is 1.24. The van der Waals surface area contributed by atoms with Gasteiger partial charge < -0.3 is 10.1 Å². The van der Waals surface area contributed by atoms with Crippen LogP contribution in [-0.2, 0) is 0 Å². The van der Waals surface area contributed by atoms with Crippen LogP contribution in [0.5, 0.6) is 0 Å². The summed E-state index contributed by atoms with van der Waals surface area (Å²) in [6.07, 6.45) is 0.731. The molecule has 0 saturated carbocycles. The smallest absolute Gasteiger partial charge is 0.207 e. The number of rotatable bonds is 2. The van der Waals surface area contributed by atoms with Gasteiger partial charge in [0.15, 0.2) is 0 Å². The van der Waals surface area contributed by atoms with Crippen molar-refractivity contribution in [3.8, 4) is 0 Å². The zero-order valence-corrected chi connectivity index (χ0v) is 5.66. The summed E-state index contributed by atoms with van der Waals surface area (Å²) in [6, 6.07) is 3.35. The van der Waals surface area contributed by atoms with Crippen molar-refractivity contribution >= 4 is 5.78 Å². The number of ketones is 1. The van der Waals surface area contributed by atoms with Gasteiger partial charge in [-0.05, 0) is 19.1 Å². The zero-order chi connectivity index (χ0) is 7.56. The molecule has 3 nitrogen and oxygen atoms in total. The van der Waals surface area contributed by atoms with E-state index in [1.807, 2.05) is 0 Å². The maximum absolute atomic E-state index is 10.9. The van der Waals surface area contributed by atoms with Gasteiger partial charge >= 0.3 is 0 Å². The summed E-state index contributed by atoms with van der Waals surface area (Å²) in [5.74, 6) is -0.273. The van der Waals surface area contributed by atoms with E-state index in [1.54, 1.807) is 18.3 Å². The predicted octanol–water partition coefficient (Wildman–Crippen LogP) is 0.578. The highest BCUT2D eigenvalue weighted by Gasteiger charge is 2.11. The lowest BCUT2D eigenvalue weighted by atomic mass is 10.2. The lowest BCUT2D eigenvalue weighted by Crippen LogP contribution is -2.16. The molecule has 1 unspecified atom stereocenters. The minimum atomic E-state index is -0.918. The highest BCUT2D eigenvalue weighted by Crippen LogP contribution is 1.98. The minimum absolute atomic E-state index is 0.273. The number of carbonyl (C=O) groups is 1. The molecule has 54 valence electrons. The molecule has 0 aromatic carbocycles. The summed E-state index contributed by atoms with van der Waals surface area (Å²) in [6.45, 7) is 1.45. The van der Waals surface area contributed by atoms with Crippen LogP contribution in [0.3, 0.4) is 0 Å². The van der Waals surface area contributed by atoms with Crippen molar-refractivity contribution in [3.63, 3.8) is 0 Å². The summed E-state index contributed by atoms with van der Waals surface area (Å²) >= 11 is 0. The number of Topliss-reactive ketones (excluding diaryl/α,β-unsaturated/α-hetero) is 1. The van der Waals surface area contributed by atoms with E-state index in [9.17, 15) is 4.79 Å². The Morgan fingerprint density at radius 1 is 1.80 bits per heavy atom. The van der Waals surface area contributed by atoms with E-state index >= 15 is 0 Å². The number of aliphatic hydroxyl groups is 1. The predicted molar refractivity (Wildman–Crippen MR) is 36.8 cm³/mol. The van der Waals surface area contributed by atoms with Crippen LogP contribution in [-0.4, -0.2) is 22.0 Å². The monoisotopic (exact) mass is 139 g/mol. The van der Waals surface area contributed by atoms with Crippen molar-refractivity contribution in [2.75, 3.05) is 0 Å². The number of hydrogen-bond acceptors (Lipinski definition) is 2. The average Bonchev–Trinajstić information content (AvgIpc) is 2.36. The standard InChI is InChI=1S/C7H9NO2/c1-5(9)7(10)6-3-2-4-8-6/h2-5,8-9H,1H3. The van der Waals surface area contributed by atoms with Crippen molar-refractivity contribution in [1.29, 1.82) is 0 Å². The number of H-pyrrole nitrogens is 1. The fourth-order valence-electron chi connectivity index (χ4n) is 0.709.